The molecule has 2 unspecified atom stereocenters. The number of urea groups is 1. The number of nitrogens with zero attached hydrogens (tertiary/aromatic N) is 2. The third kappa shape index (κ3) is 3.14. The van der Waals surface area contributed by atoms with Crippen LogP contribution in [-0.4, -0.2) is 38.9 Å². The van der Waals surface area contributed by atoms with E-state index in [0.717, 1.165) is 16.0 Å². The third-order valence-corrected chi connectivity index (χ3v) is 5.29. The minimum absolute atomic E-state index is 0.184. The van der Waals surface area contributed by atoms with Gasteiger partial charge in [0.15, 0.2) is 0 Å². The van der Waals surface area contributed by atoms with Crippen molar-refractivity contribution in [2.75, 3.05) is 0 Å². The van der Waals surface area contributed by atoms with Crippen molar-refractivity contribution >= 4 is 17.9 Å². The second-order valence-corrected chi connectivity index (χ2v) is 7.02. The predicted molar refractivity (Wildman–Crippen MR) is 103 cm³/mol. The van der Waals surface area contributed by atoms with Crippen LogP contribution in [0.4, 0.5) is 4.79 Å². The Morgan fingerprint density at radius 1 is 1.07 bits per heavy atom. The van der Waals surface area contributed by atoms with Crippen molar-refractivity contribution in [3.63, 3.8) is 0 Å². The maximum absolute atomic E-state index is 13.3. The average Bonchev–Trinajstić information content (AvgIpc) is 2.89. The number of carbonyl (C=O) groups is 3. The SMILES string of the molecule is CC(C(=O)O)N1C(=O)N(Cc2ccccc2)C(C)(c2ccc(CN)cc2)C1=O. The lowest BCUT2D eigenvalue weighted by Crippen LogP contribution is -2.45. The van der Waals surface area contributed by atoms with Gasteiger partial charge in [0.2, 0.25) is 0 Å². The fourth-order valence-corrected chi connectivity index (χ4v) is 3.45. The molecule has 1 aliphatic heterocycles. The summed E-state index contributed by atoms with van der Waals surface area (Å²) >= 11 is 0. The van der Waals surface area contributed by atoms with Crippen LogP contribution in [0.5, 0.6) is 0 Å². The van der Waals surface area contributed by atoms with Gasteiger partial charge in [0.05, 0.1) is 0 Å². The van der Waals surface area contributed by atoms with Gasteiger partial charge < -0.3 is 15.7 Å². The van der Waals surface area contributed by atoms with Crippen molar-refractivity contribution in [2.24, 2.45) is 5.73 Å². The van der Waals surface area contributed by atoms with Crippen LogP contribution in [0.3, 0.4) is 0 Å². The normalized spacial score (nSPS) is 20.5. The van der Waals surface area contributed by atoms with E-state index >= 15 is 0 Å². The van der Waals surface area contributed by atoms with Crippen molar-refractivity contribution < 1.29 is 19.5 Å². The summed E-state index contributed by atoms with van der Waals surface area (Å²) in [6.45, 7) is 3.54. The number of rotatable bonds is 6. The summed E-state index contributed by atoms with van der Waals surface area (Å²) < 4.78 is 0. The maximum atomic E-state index is 13.3. The van der Waals surface area contributed by atoms with Crippen molar-refractivity contribution in [2.45, 2.75) is 38.5 Å². The minimum atomic E-state index is -1.32. The highest BCUT2D eigenvalue weighted by atomic mass is 16.4. The fraction of sp³-hybridized carbons (Fsp3) is 0.286. The first kappa shape index (κ1) is 19.6. The molecular formula is C21H23N3O4. The highest BCUT2D eigenvalue weighted by Crippen LogP contribution is 2.39. The van der Waals surface area contributed by atoms with Crippen molar-refractivity contribution in [3.05, 3.63) is 71.3 Å². The van der Waals surface area contributed by atoms with E-state index in [1.54, 1.807) is 19.1 Å². The summed E-state index contributed by atoms with van der Waals surface area (Å²) in [5.74, 6) is -1.78. The fourth-order valence-electron chi connectivity index (χ4n) is 3.45. The molecule has 3 N–H and O–H groups in total. The molecule has 146 valence electrons. The Kier molecular flexibility index (Phi) is 5.20. The van der Waals surface area contributed by atoms with Gasteiger partial charge in [0.25, 0.3) is 5.91 Å². The minimum Gasteiger partial charge on any atom is -0.480 e. The molecule has 1 aliphatic rings. The standard InChI is InChI=1S/C21H23N3O4/c1-14(18(25)26)24-19(27)21(2,17-10-8-15(12-22)9-11-17)23(20(24)28)13-16-6-4-3-5-7-16/h3-11,14H,12-13,22H2,1-2H3,(H,25,26). The summed E-state index contributed by atoms with van der Waals surface area (Å²) in [7, 11) is 0. The molecule has 2 aromatic rings. The molecule has 0 aliphatic carbocycles. The molecule has 0 bridgehead atoms. The molecule has 2 atom stereocenters. The first-order valence-electron chi connectivity index (χ1n) is 9.02. The topological polar surface area (TPSA) is 104 Å². The summed E-state index contributed by atoms with van der Waals surface area (Å²) in [6.07, 6.45) is 0. The molecule has 0 spiro atoms. The number of hydrogen-bond donors (Lipinski definition) is 2. The van der Waals surface area contributed by atoms with Gasteiger partial charge in [-0.05, 0) is 30.5 Å². The van der Waals surface area contributed by atoms with Crippen molar-refractivity contribution in [1.29, 1.82) is 0 Å². The lowest BCUT2D eigenvalue weighted by atomic mass is 9.89. The van der Waals surface area contributed by atoms with Crippen LogP contribution >= 0.6 is 0 Å². The summed E-state index contributed by atoms with van der Waals surface area (Å²) in [6, 6.07) is 14.6. The molecule has 7 nitrogen and oxygen atoms in total. The van der Waals surface area contributed by atoms with Gasteiger partial charge in [-0.15, -0.1) is 0 Å². The zero-order chi connectivity index (χ0) is 20.5. The van der Waals surface area contributed by atoms with E-state index in [-0.39, 0.29) is 6.54 Å². The van der Waals surface area contributed by atoms with Crippen LogP contribution in [0.15, 0.2) is 54.6 Å². The Morgan fingerprint density at radius 2 is 1.68 bits per heavy atom. The molecule has 0 radical (unpaired) electrons. The molecule has 7 heteroatoms. The Bertz CT molecular complexity index is 898. The van der Waals surface area contributed by atoms with Gasteiger partial charge >= 0.3 is 12.0 Å². The second kappa shape index (κ2) is 7.44. The summed E-state index contributed by atoms with van der Waals surface area (Å²) in [4.78, 5) is 40.2. The van der Waals surface area contributed by atoms with Gasteiger partial charge in [-0.1, -0.05) is 54.6 Å². The number of hydrogen-bond acceptors (Lipinski definition) is 4. The lowest BCUT2D eigenvalue weighted by Gasteiger charge is -2.32. The van der Waals surface area contributed by atoms with Gasteiger partial charge in [-0.2, -0.15) is 0 Å². The van der Waals surface area contributed by atoms with Crippen LogP contribution in [0.2, 0.25) is 0 Å². The van der Waals surface area contributed by atoms with Crippen LogP contribution in [0.1, 0.15) is 30.5 Å². The first-order chi connectivity index (χ1) is 13.3. The number of benzene rings is 2. The maximum Gasteiger partial charge on any atom is 0.329 e. The smallest absolute Gasteiger partial charge is 0.329 e. The van der Waals surface area contributed by atoms with E-state index in [2.05, 4.69) is 0 Å². The molecule has 1 heterocycles. The number of aliphatic carboxylic acids is 1. The number of carboxylic acid groups (broad SMARTS) is 1. The van der Waals surface area contributed by atoms with Crippen LogP contribution < -0.4 is 5.73 Å². The predicted octanol–water partition coefficient (Wildman–Crippen LogP) is 2.30. The summed E-state index contributed by atoms with van der Waals surface area (Å²) in [5, 5.41) is 9.38. The largest absolute Gasteiger partial charge is 0.480 e. The second-order valence-electron chi connectivity index (χ2n) is 7.02. The zero-order valence-electron chi connectivity index (χ0n) is 15.8. The van der Waals surface area contributed by atoms with Crippen molar-refractivity contribution in [3.8, 4) is 0 Å². The van der Waals surface area contributed by atoms with E-state index < -0.39 is 29.5 Å². The first-order valence-corrected chi connectivity index (χ1v) is 9.02. The van der Waals surface area contributed by atoms with Crippen LogP contribution in [-0.2, 0) is 28.2 Å². The van der Waals surface area contributed by atoms with Crippen LogP contribution in [0, 0.1) is 0 Å². The highest BCUT2D eigenvalue weighted by Gasteiger charge is 2.57. The molecular weight excluding hydrogens is 358 g/mol. The van der Waals surface area contributed by atoms with E-state index in [0.29, 0.717) is 12.1 Å². The molecule has 28 heavy (non-hydrogen) atoms. The molecule has 1 fully saturated rings. The van der Waals surface area contributed by atoms with Crippen molar-refractivity contribution in [1.82, 2.24) is 9.80 Å². The molecule has 0 aromatic heterocycles. The van der Waals surface area contributed by atoms with Gasteiger partial charge in [0.1, 0.15) is 11.6 Å². The quantitative estimate of drug-likeness (QED) is 0.747. The lowest BCUT2D eigenvalue weighted by molar-refractivity contribution is -0.147. The van der Waals surface area contributed by atoms with Crippen LogP contribution in [0.25, 0.3) is 0 Å². The Morgan fingerprint density at radius 3 is 2.21 bits per heavy atom. The van der Waals surface area contributed by atoms with E-state index in [1.165, 1.54) is 11.8 Å². The zero-order valence-corrected chi connectivity index (χ0v) is 15.8. The molecule has 3 rings (SSSR count). The summed E-state index contributed by atoms with van der Waals surface area (Å²) in [5.41, 5.74) is 6.69. The number of carboxylic acids is 1. The van der Waals surface area contributed by atoms with Gasteiger partial charge in [-0.3, -0.25) is 4.79 Å². The molecule has 0 saturated carbocycles. The van der Waals surface area contributed by atoms with Gasteiger partial charge in [0, 0.05) is 13.1 Å². The number of carbonyl (C=O) groups excluding carboxylic acids is 2. The van der Waals surface area contributed by atoms with E-state index in [1.807, 2.05) is 42.5 Å². The number of nitrogens with two attached hydrogens (primary N) is 1. The highest BCUT2D eigenvalue weighted by molar-refractivity contribution is 6.09. The Labute approximate surface area is 163 Å². The van der Waals surface area contributed by atoms with Gasteiger partial charge in [-0.25, -0.2) is 14.5 Å². The monoisotopic (exact) mass is 381 g/mol. The van der Waals surface area contributed by atoms with E-state index in [9.17, 15) is 19.5 Å². The molecule has 3 amide bonds. The average molecular weight is 381 g/mol. The molecule has 1 saturated heterocycles. The number of imide groups is 1. The Balaban J connectivity index is 2.09. The third-order valence-electron chi connectivity index (χ3n) is 5.29. The number of amides is 3. The Hall–Kier alpha value is -3.19. The van der Waals surface area contributed by atoms with E-state index in [4.69, 9.17) is 5.73 Å². The molecule has 2 aromatic carbocycles.